The van der Waals surface area contributed by atoms with Gasteiger partial charge in [0.15, 0.2) is 0 Å². The van der Waals surface area contributed by atoms with Crippen molar-refractivity contribution in [1.82, 2.24) is 4.98 Å². The van der Waals surface area contributed by atoms with Gasteiger partial charge in [0, 0.05) is 24.2 Å². The SMILES string of the molecule is NCCC1CC2CC2N1c1ccc(C(F)(F)F)nc1.O=C(O)C=CC(=O)O. The first kappa shape index (κ1) is 20.7. The normalized spacial score (nSPS) is 23.6. The topological polar surface area (TPSA) is 117 Å². The maximum Gasteiger partial charge on any atom is 0.433 e. The minimum absolute atomic E-state index is 0.354. The van der Waals surface area contributed by atoms with Crippen molar-refractivity contribution in [3.63, 3.8) is 0 Å². The summed E-state index contributed by atoms with van der Waals surface area (Å²) < 4.78 is 37.5. The molecule has 148 valence electrons. The van der Waals surface area contributed by atoms with E-state index in [9.17, 15) is 22.8 Å². The zero-order valence-corrected chi connectivity index (χ0v) is 14.3. The summed E-state index contributed by atoms with van der Waals surface area (Å²) in [5.41, 5.74) is 5.55. The van der Waals surface area contributed by atoms with Gasteiger partial charge in [0.05, 0.1) is 11.9 Å². The lowest BCUT2D eigenvalue weighted by atomic mass is 10.1. The molecule has 2 aliphatic rings. The van der Waals surface area contributed by atoms with Gasteiger partial charge >= 0.3 is 18.1 Å². The Labute approximate surface area is 153 Å². The summed E-state index contributed by atoms with van der Waals surface area (Å²) in [6.07, 6.45) is 1.21. The average molecular weight is 387 g/mol. The van der Waals surface area contributed by atoms with Crippen molar-refractivity contribution in [3.8, 4) is 0 Å². The Morgan fingerprint density at radius 1 is 1.22 bits per heavy atom. The van der Waals surface area contributed by atoms with Crippen molar-refractivity contribution in [3.05, 3.63) is 36.2 Å². The molecule has 27 heavy (non-hydrogen) atoms. The van der Waals surface area contributed by atoms with Crippen molar-refractivity contribution in [2.24, 2.45) is 11.7 Å². The number of carbonyl (C=O) groups is 2. The van der Waals surface area contributed by atoms with Gasteiger partial charge in [-0.2, -0.15) is 13.2 Å². The molecule has 3 rings (SSSR count). The van der Waals surface area contributed by atoms with Crippen LogP contribution in [0, 0.1) is 5.92 Å². The first-order valence-electron chi connectivity index (χ1n) is 8.29. The van der Waals surface area contributed by atoms with E-state index in [0.717, 1.165) is 31.0 Å². The monoisotopic (exact) mass is 387 g/mol. The lowest BCUT2D eigenvalue weighted by Crippen LogP contribution is -2.34. The summed E-state index contributed by atoms with van der Waals surface area (Å²) in [4.78, 5) is 24.9. The molecule has 7 nitrogen and oxygen atoms in total. The number of halogens is 3. The molecule has 0 amide bonds. The predicted octanol–water partition coefficient (Wildman–Crippen LogP) is 2.13. The Balaban J connectivity index is 0.000000279. The molecule has 2 fully saturated rings. The number of alkyl halides is 3. The van der Waals surface area contributed by atoms with Crippen LogP contribution in [-0.4, -0.2) is 45.8 Å². The van der Waals surface area contributed by atoms with E-state index in [4.69, 9.17) is 15.9 Å². The van der Waals surface area contributed by atoms with Crippen molar-refractivity contribution in [1.29, 1.82) is 0 Å². The van der Waals surface area contributed by atoms with Crippen LogP contribution in [0.4, 0.5) is 18.9 Å². The van der Waals surface area contributed by atoms with Crippen LogP contribution in [0.3, 0.4) is 0 Å². The molecule has 0 spiro atoms. The zero-order chi connectivity index (χ0) is 20.2. The summed E-state index contributed by atoms with van der Waals surface area (Å²) in [6, 6.07) is 3.42. The minimum atomic E-state index is -4.37. The van der Waals surface area contributed by atoms with Gasteiger partial charge < -0.3 is 20.8 Å². The van der Waals surface area contributed by atoms with Gasteiger partial charge in [0.1, 0.15) is 5.69 Å². The van der Waals surface area contributed by atoms with Crippen LogP contribution < -0.4 is 10.6 Å². The molecule has 1 aromatic heterocycles. The van der Waals surface area contributed by atoms with Crippen molar-refractivity contribution in [2.75, 3.05) is 11.4 Å². The lowest BCUT2D eigenvalue weighted by molar-refractivity contribution is -0.141. The number of hydrogen-bond donors (Lipinski definition) is 3. The number of piperidine rings is 1. The lowest BCUT2D eigenvalue weighted by Gasteiger charge is -2.29. The molecule has 1 saturated carbocycles. The molecule has 0 aromatic carbocycles. The molecule has 1 aromatic rings. The highest BCUT2D eigenvalue weighted by molar-refractivity contribution is 5.89. The number of nitrogens with two attached hydrogens (primary N) is 1. The molecule has 2 heterocycles. The second kappa shape index (κ2) is 8.38. The van der Waals surface area contributed by atoms with Crippen LogP contribution in [0.5, 0.6) is 0 Å². The molecule has 0 radical (unpaired) electrons. The molecular formula is C17H20F3N3O4. The van der Waals surface area contributed by atoms with E-state index in [1.165, 1.54) is 12.3 Å². The van der Waals surface area contributed by atoms with Gasteiger partial charge in [0.2, 0.25) is 0 Å². The number of anilines is 1. The van der Waals surface area contributed by atoms with Gasteiger partial charge in [-0.25, -0.2) is 14.6 Å². The van der Waals surface area contributed by atoms with Crippen LogP contribution in [0.25, 0.3) is 0 Å². The molecule has 1 saturated heterocycles. The van der Waals surface area contributed by atoms with Gasteiger partial charge in [-0.05, 0) is 43.9 Å². The van der Waals surface area contributed by atoms with Crippen LogP contribution in [0.2, 0.25) is 0 Å². The van der Waals surface area contributed by atoms with Crippen LogP contribution in [0.15, 0.2) is 30.5 Å². The number of carboxylic acids is 2. The van der Waals surface area contributed by atoms with Gasteiger partial charge in [-0.1, -0.05) is 0 Å². The summed E-state index contributed by atoms with van der Waals surface area (Å²) in [5.74, 6) is -1.82. The van der Waals surface area contributed by atoms with Gasteiger partial charge in [-0.15, -0.1) is 0 Å². The number of aromatic nitrogens is 1. The highest BCUT2D eigenvalue weighted by atomic mass is 19.4. The molecule has 3 atom stereocenters. The second-order valence-corrected chi connectivity index (χ2v) is 6.35. The Morgan fingerprint density at radius 3 is 2.30 bits per heavy atom. The fourth-order valence-corrected chi connectivity index (χ4v) is 3.26. The first-order chi connectivity index (χ1) is 12.6. The number of pyridine rings is 1. The van der Waals surface area contributed by atoms with E-state index in [-0.39, 0.29) is 0 Å². The summed E-state index contributed by atoms with van der Waals surface area (Å²) in [5, 5.41) is 15.6. The van der Waals surface area contributed by atoms with Crippen molar-refractivity contribution in [2.45, 2.75) is 37.5 Å². The average Bonchev–Trinajstić information content (AvgIpc) is 3.24. The molecule has 1 aliphatic carbocycles. The molecule has 10 heteroatoms. The minimum Gasteiger partial charge on any atom is -0.478 e. The maximum absolute atomic E-state index is 12.5. The predicted molar refractivity (Wildman–Crippen MR) is 90.1 cm³/mol. The molecule has 3 unspecified atom stereocenters. The van der Waals surface area contributed by atoms with E-state index in [1.54, 1.807) is 0 Å². The highest BCUT2D eigenvalue weighted by Crippen LogP contribution is 2.50. The zero-order valence-electron chi connectivity index (χ0n) is 14.3. The van der Waals surface area contributed by atoms with Crippen molar-refractivity contribution < 1.29 is 33.0 Å². The largest absolute Gasteiger partial charge is 0.478 e. The molecular weight excluding hydrogens is 367 g/mol. The van der Waals surface area contributed by atoms with Crippen LogP contribution in [-0.2, 0) is 15.8 Å². The third-order valence-electron chi connectivity index (χ3n) is 4.42. The standard InChI is InChI=1S/C13H16F3N3.C4H4O4/c14-13(15,16)12-2-1-10(7-18-12)19-9(3-4-17)5-8-6-11(8)19;5-3(6)1-2-4(7)8/h1-2,7-9,11H,3-6,17H2;1-2H,(H,5,6)(H,7,8). The van der Waals surface area contributed by atoms with E-state index in [1.807, 2.05) is 0 Å². The summed E-state index contributed by atoms with van der Waals surface area (Å²) in [6.45, 7) is 0.606. The Morgan fingerprint density at radius 2 is 1.85 bits per heavy atom. The number of hydrogen-bond acceptors (Lipinski definition) is 5. The summed E-state index contributed by atoms with van der Waals surface area (Å²) >= 11 is 0. The summed E-state index contributed by atoms with van der Waals surface area (Å²) in [7, 11) is 0. The quantitative estimate of drug-likeness (QED) is 0.663. The number of carboxylic acid groups (broad SMARTS) is 2. The second-order valence-electron chi connectivity index (χ2n) is 6.35. The van der Waals surface area contributed by atoms with Crippen LogP contribution >= 0.6 is 0 Å². The Bertz CT molecular complexity index is 690. The smallest absolute Gasteiger partial charge is 0.433 e. The third-order valence-corrected chi connectivity index (χ3v) is 4.42. The van der Waals surface area contributed by atoms with E-state index in [0.29, 0.717) is 36.7 Å². The third kappa shape index (κ3) is 5.68. The van der Waals surface area contributed by atoms with Crippen molar-refractivity contribution >= 4 is 17.6 Å². The fraction of sp³-hybridized carbons (Fsp3) is 0.471. The Kier molecular flexibility index (Phi) is 6.42. The van der Waals surface area contributed by atoms with Crippen LogP contribution in [0.1, 0.15) is 25.0 Å². The number of rotatable bonds is 5. The number of fused-ring (bicyclic) bond motifs is 1. The van der Waals surface area contributed by atoms with E-state index >= 15 is 0 Å². The molecule has 0 bridgehead atoms. The molecule has 4 N–H and O–H groups in total. The Hall–Kier alpha value is -2.62. The highest BCUT2D eigenvalue weighted by Gasteiger charge is 2.51. The molecule has 1 aliphatic heterocycles. The number of aliphatic carboxylic acids is 2. The first-order valence-corrected chi connectivity index (χ1v) is 8.29. The van der Waals surface area contributed by atoms with E-state index in [2.05, 4.69) is 9.88 Å². The fourth-order valence-electron chi connectivity index (χ4n) is 3.26. The maximum atomic E-state index is 12.5. The van der Waals surface area contributed by atoms with E-state index < -0.39 is 23.8 Å². The number of nitrogens with zero attached hydrogens (tertiary/aromatic N) is 2. The van der Waals surface area contributed by atoms with Gasteiger partial charge in [-0.3, -0.25) is 0 Å². The van der Waals surface area contributed by atoms with Gasteiger partial charge in [0.25, 0.3) is 0 Å².